The fourth-order valence-corrected chi connectivity index (χ4v) is 0.203. The van der Waals surface area contributed by atoms with E-state index in [9.17, 15) is 4.79 Å². The van der Waals surface area contributed by atoms with E-state index in [1.165, 1.54) is 0 Å². The molecule has 0 rings (SSSR count). The van der Waals surface area contributed by atoms with Gasteiger partial charge in [-0.3, -0.25) is 0 Å². The lowest BCUT2D eigenvalue weighted by Gasteiger charge is -1.93. The van der Waals surface area contributed by atoms with Crippen molar-refractivity contribution in [3.63, 3.8) is 0 Å². The Hall–Kier alpha value is -0.770. The molecule has 0 aromatic heterocycles. The smallest absolute Gasteiger partial charge is 0.404 e. The van der Waals surface area contributed by atoms with E-state index >= 15 is 0 Å². The Bertz CT molecular complexity index is 75.4. The summed E-state index contributed by atoms with van der Waals surface area (Å²) in [5.74, 6) is 0. The summed E-state index contributed by atoms with van der Waals surface area (Å²) in [4.78, 5) is 9.76. The molecule has 0 atom stereocenters. The normalized spacial score (nSPS) is 7.50. The minimum atomic E-state index is -0.693. The number of carbonyl (C=O) groups excluding carboxylic acids is 1. The monoisotopic (exact) mass is 149 g/mol. The van der Waals surface area contributed by atoms with Crippen LogP contribution in [-0.4, -0.2) is 26.9 Å². The molecule has 0 fully saturated rings. The first kappa shape index (κ1) is 12.0. The predicted molar refractivity (Wildman–Crippen MR) is 38.8 cm³/mol. The first-order chi connectivity index (χ1) is 4.68. The van der Waals surface area contributed by atoms with E-state index in [1.807, 2.05) is 6.92 Å². The summed E-state index contributed by atoms with van der Waals surface area (Å²) in [5.41, 5.74) is 4.62. The Morgan fingerprint density at radius 3 is 2.00 bits per heavy atom. The number of hydrogen-bond acceptors (Lipinski definition) is 3. The van der Waals surface area contributed by atoms with E-state index in [1.54, 1.807) is 14.2 Å². The third kappa shape index (κ3) is 26.9. The van der Waals surface area contributed by atoms with Crippen LogP contribution >= 0.6 is 0 Å². The molecule has 0 saturated carbocycles. The lowest BCUT2D eigenvalue weighted by atomic mass is 10.5. The van der Waals surface area contributed by atoms with E-state index in [0.717, 1.165) is 6.42 Å². The molecule has 62 valence electrons. The SMILES string of the molecule is CCCOC(N)=O.COC. The molecule has 0 saturated heterocycles. The zero-order valence-electron chi connectivity index (χ0n) is 6.72. The van der Waals surface area contributed by atoms with E-state index in [4.69, 9.17) is 0 Å². The summed E-state index contributed by atoms with van der Waals surface area (Å²) in [7, 11) is 3.25. The van der Waals surface area contributed by atoms with Gasteiger partial charge in [0.2, 0.25) is 0 Å². The van der Waals surface area contributed by atoms with E-state index < -0.39 is 6.09 Å². The fraction of sp³-hybridized carbons (Fsp3) is 0.833. The van der Waals surface area contributed by atoms with Gasteiger partial charge in [0.1, 0.15) is 0 Å². The highest BCUT2D eigenvalue weighted by Crippen LogP contribution is 1.76. The Kier molecular flexibility index (Phi) is 13.3. The maximum Gasteiger partial charge on any atom is 0.404 e. The molecule has 0 aromatic carbocycles. The van der Waals surface area contributed by atoms with Crippen LogP contribution in [0.25, 0.3) is 0 Å². The minimum absolute atomic E-state index is 0.426. The van der Waals surface area contributed by atoms with Gasteiger partial charge in [0, 0.05) is 14.2 Å². The molecule has 0 bridgehead atoms. The average Bonchev–Trinajstić information content (AvgIpc) is 1.85. The van der Waals surface area contributed by atoms with Gasteiger partial charge in [-0.2, -0.15) is 0 Å². The highest BCUT2D eigenvalue weighted by molar-refractivity contribution is 5.64. The van der Waals surface area contributed by atoms with Crippen molar-refractivity contribution in [2.75, 3.05) is 20.8 Å². The highest BCUT2D eigenvalue weighted by atomic mass is 16.5. The van der Waals surface area contributed by atoms with Crippen LogP contribution < -0.4 is 5.73 Å². The lowest BCUT2D eigenvalue weighted by Crippen LogP contribution is -2.12. The van der Waals surface area contributed by atoms with Crippen LogP contribution in [0.5, 0.6) is 0 Å². The topological polar surface area (TPSA) is 61.5 Å². The van der Waals surface area contributed by atoms with Crippen molar-refractivity contribution in [2.45, 2.75) is 13.3 Å². The van der Waals surface area contributed by atoms with Gasteiger partial charge in [0.05, 0.1) is 6.61 Å². The summed E-state index contributed by atoms with van der Waals surface area (Å²) >= 11 is 0. The summed E-state index contributed by atoms with van der Waals surface area (Å²) < 4.78 is 8.58. The van der Waals surface area contributed by atoms with Crippen molar-refractivity contribution < 1.29 is 14.3 Å². The van der Waals surface area contributed by atoms with E-state index in [2.05, 4.69) is 15.2 Å². The van der Waals surface area contributed by atoms with Crippen molar-refractivity contribution in [2.24, 2.45) is 5.73 Å². The molecular formula is C6H15NO3. The molecule has 0 heterocycles. The standard InChI is InChI=1S/C4H9NO2.C2H6O/c1-2-3-7-4(5)6;1-3-2/h2-3H2,1H3,(H2,5,6);1-2H3. The first-order valence-corrected chi connectivity index (χ1v) is 3.01. The summed E-state index contributed by atoms with van der Waals surface area (Å²) in [6.45, 7) is 2.33. The zero-order valence-corrected chi connectivity index (χ0v) is 6.72. The molecule has 2 N–H and O–H groups in total. The van der Waals surface area contributed by atoms with Crippen molar-refractivity contribution in [3.05, 3.63) is 0 Å². The number of rotatable bonds is 2. The van der Waals surface area contributed by atoms with Crippen LogP contribution in [0.3, 0.4) is 0 Å². The van der Waals surface area contributed by atoms with Crippen LogP contribution in [0.15, 0.2) is 0 Å². The minimum Gasteiger partial charge on any atom is -0.450 e. The number of ether oxygens (including phenoxy) is 2. The van der Waals surface area contributed by atoms with Crippen LogP contribution in [0.1, 0.15) is 13.3 Å². The maximum atomic E-state index is 9.76. The molecule has 0 radical (unpaired) electrons. The molecular weight excluding hydrogens is 134 g/mol. The number of primary amides is 1. The van der Waals surface area contributed by atoms with Crippen LogP contribution in [0, 0.1) is 0 Å². The molecule has 4 heteroatoms. The summed E-state index contributed by atoms with van der Waals surface area (Å²) in [6.07, 6.45) is 0.130. The lowest BCUT2D eigenvalue weighted by molar-refractivity contribution is 0.157. The highest BCUT2D eigenvalue weighted by Gasteiger charge is 1.86. The molecule has 0 unspecified atom stereocenters. The van der Waals surface area contributed by atoms with Gasteiger partial charge in [-0.15, -0.1) is 0 Å². The van der Waals surface area contributed by atoms with E-state index in [-0.39, 0.29) is 0 Å². The second kappa shape index (κ2) is 11.1. The molecule has 0 aliphatic carbocycles. The fourth-order valence-electron chi connectivity index (χ4n) is 0.203. The molecule has 0 spiro atoms. The molecule has 4 nitrogen and oxygen atoms in total. The largest absolute Gasteiger partial charge is 0.450 e. The number of nitrogens with two attached hydrogens (primary N) is 1. The number of methoxy groups -OCH3 is 1. The summed E-state index contributed by atoms with van der Waals surface area (Å²) in [5, 5.41) is 0. The summed E-state index contributed by atoms with van der Waals surface area (Å²) in [6, 6.07) is 0. The van der Waals surface area contributed by atoms with Gasteiger partial charge in [-0.05, 0) is 6.42 Å². The number of amides is 1. The quantitative estimate of drug-likeness (QED) is 0.630. The molecule has 1 amide bonds. The Morgan fingerprint density at radius 2 is 1.90 bits per heavy atom. The van der Waals surface area contributed by atoms with Gasteiger partial charge >= 0.3 is 6.09 Å². The number of carbonyl (C=O) groups is 1. The third-order valence-corrected chi connectivity index (χ3v) is 0.448. The van der Waals surface area contributed by atoms with Gasteiger partial charge in [-0.1, -0.05) is 6.92 Å². The second-order valence-electron chi connectivity index (χ2n) is 1.58. The molecule has 10 heavy (non-hydrogen) atoms. The first-order valence-electron chi connectivity index (χ1n) is 3.01. The van der Waals surface area contributed by atoms with E-state index in [0.29, 0.717) is 6.61 Å². The Labute approximate surface area is 61.3 Å². The van der Waals surface area contributed by atoms with Crippen molar-refractivity contribution in [1.29, 1.82) is 0 Å². The van der Waals surface area contributed by atoms with Crippen LogP contribution in [0.2, 0.25) is 0 Å². The predicted octanol–water partition coefficient (Wildman–Crippen LogP) is 0.754. The maximum absolute atomic E-state index is 9.76. The van der Waals surface area contributed by atoms with Crippen molar-refractivity contribution >= 4 is 6.09 Å². The van der Waals surface area contributed by atoms with Gasteiger partial charge in [-0.25, -0.2) is 4.79 Å². The number of hydrogen-bond donors (Lipinski definition) is 1. The van der Waals surface area contributed by atoms with Gasteiger partial charge in [0.15, 0.2) is 0 Å². The van der Waals surface area contributed by atoms with Crippen LogP contribution in [0.4, 0.5) is 4.79 Å². The van der Waals surface area contributed by atoms with Crippen LogP contribution in [-0.2, 0) is 9.47 Å². The molecule has 0 aliphatic rings. The molecule has 0 aliphatic heterocycles. The molecule has 0 aromatic rings. The average molecular weight is 149 g/mol. The second-order valence-corrected chi connectivity index (χ2v) is 1.58. The van der Waals surface area contributed by atoms with Crippen molar-refractivity contribution in [1.82, 2.24) is 0 Å². The van der Waals surface area contributed by atoms with Gasteiger partial charge in [0.25, 0.3) is 0 Å². The van der Waals surface area contributed by atoms with Crippen molar-refractivity contribution in [3.8, 4) is 0 Å². The van der Waals surface area contributed by atoms with Gasteiger partial charge < -0.3 is 15.2 Å². The zero-order chi connectivity index (χ0) is 8.41. The Morgan fingerprint density at radius 1 is 1.50 bits per heavy atom. The Balaban J connectivity index is 0. The third-order valence-electron chi connectivity index (χ3n) is 0.448.